The van der Waals surface area contributed by atoms with Crippen molar-refractivity contribution in [2.24, 2.45) is 4.99 Å². The van der Waals surface area contributed by atoms with Crippen LogP contribution in [0, 0.1) is 0 Å². The lowest BCUT2D eigenvalue weighted by Gasteiger charge is -2.22. The molecule has 0 radical (unpaired) electrons. The van der Waals surface area contributed by atoms with Crippen LogP contribution in [0.5, 0.6) is 0 Å². The number of likely N-dealkylation sites (N-methyl/N-ethyl adjacent to an activating group) is 1. The van der Waals surface area contributed by atoms with Crippen molar-refractivity contribution in [2.75, 3.05) is 18.5 Å². The van der Waals surface area contributed by atoms with E-state index in [0.29, 0.717) is 24.4 Å². The first kappa shape index (κ1) is 24.2. The standard InChI is InChI=1S/C26H27N5O3S/c1-17(28-26(34)27-15-14-19-11-8-16-35-19)24(32)30-23-25(33)31(2)21-13-7-6-12-20(21)22(29-23)18-9-4-3-5-10-18/h3-13,16-17,23H,14-15H2,1-2H3,(H,30,32)(H2,27,28,34)/t17-,23?/m0/s1. The summed E-state index contributed by atoms with van der Waals surface area (Å²) in [5, 5.41) is 10.1. The van der Waals surface area contributed by atoms with E-state index in [2.05, 4.69) is 20.9 Å². The predicted octanol–water partition coefficient (Wildman–Crippen LogP) is 2.93. The Bertz CT molecular complexity index is 1230. The zero-order valence-electron chi connectivity index (χ0n) is 19.5. The number of hydrogen-bond acceptors (Lipinski definition) is 5. The second-order valence-electron chi connectivity index (χ2n) is 8.12. The van der Waals surface area contributed by atoms with Gasteiger partial charge >= 0.3 is 6.03 Å². The van der Waals surface area contributed by atoms with Crippen LogP contribution in [0.15, 0.2) is 77.1 Å². The average molecular weight is 490 g/mol. The number of fused-ring (bicyclic) bond motifs is 1. The number of urea groups is 1. The van der Waals surface area contributed by atoms with Crippen molar-refractivity contribution in [3.63, 3.8) is 0 Å². The van der Waals surface area contributed by atoms with Gasteiger partial charge in [0.25, 0.3) is 5.91 Å². The Morgan fingerprint density at radius 3 is 2.54 bits per heavy atom. The normalized spacial score (nSPS) is 15.9. The molecule has 0 fully saturated rings. The van der Waals surface area contributed by atoms with Gasteiger partial charge in [0.15, 0.2) is 0 Å². The molecule has 1 aromatic heterocycles. The third-order valence-electron chi connectivity index (χ3n) is 5.65. The number of nitrogens with zero attached hydrogens (tertiary/aromatic N) is 2. The van der Waals surface area contributed by atoms with E-state index in [1.807, 2.05) is 72.1 Å². The van der Waals surface area contributed by atoms with E-state index >= 15 is 0 Å². The largest absolute Gasteiger partial charge is 0.338 e. The third kappa shape index (κ3) is 5.75. The quantitative estimate of drug-likeness (QED) is 0.475. The first-order valence-electron chi connectivity index (χ1n) is 11.3. The van der Waals surface area contributed by atoms with Gasteiger partial charge < -0.3 is 20.9 Å². The molecule has 8 nitrogen and oxygen atoms in total. The summed E-state index contributed by atoms with van der Waals surface area (Å²) in [5.74, 6) is -0.878. The number of hydrogen-bond donors (Lipinski definition) is 3. The van der Waals surface area contributed by atoms with Crippen molar-refractivity contribution in [1.29, 1.82) is 0 Å². The van der Waals surface area contributed by atoms with Gasteiger partial charge in [0.1, 0.15) is 6.04 Å². The molecule has 3 N–H and O–H groups in total. The van der Waals surface area contributed by atoms with Crippen LogP contribution in [0.2, 0.25) is 0 Å². The molecule has 0 saturated heterocycles. The zero-order chi connectivity index (χ0) is 24.8. The lowest BCUT2D eigenvalue weighted by Crippen LogP contribution is -2.53. The summed E-state index contributed by atoms with van der Waals surface area (Å²) in [6.45, 7) is 2.02. The molecule has 35 heavy (non-hydrogen) atoms. The van der Waals surface area contributed by atoms with Crippen LogP contribution in [0.3, 0.4) is 0 Å². The number of anilines is 1. The molecular weight excluding hydrogens is 462 g/mol. The fourth-order valence-electron chi connectivity index (χ4n) is 3.77. The molecule has 180 valence electrons. The van der Waals surface area contributed by atoms with Crippen molar-refractivity contribution in [1.82, 2.24) is 16.0 Å². The Kier molecular flexibility index (Phi) is 7.57. The first-order valence-corrected chi connectivity index (χ1v) is 12.2. The lowest BCUT2D eigenvalue weighted by atomic mass is 10.0. The highest BCUT2D eigenvalue weighted by molar-refractivity contribution is 7.09. The Labute approximate surface area is 208 Å². The zero-order valence-corrected chi connectivity index (χ0v) is 20.3. The molecule has 4 rings (SSSR count). The summed E-state index contributed by atoms with van der Waals surface area (Å²) >= 11 is 1.62. The van der Waals surface area contributed by atoms with Gasteiger partial charge in [0.05, 0.1) is 11.4 Å². The maximum absolute atomic E-state index is 13.2. The second kappa shape index (κ2) is 11.0. The summed E-state index contributed by atoms with van der Waals surface area (Å²) in [6.07, 6.45) is -0.423. The van der Waals surface area contributed by atoms with Crippen LogP contribution in [-0.2, 0) is 16.0 Å². The molecule has 0 saturated carbocycles. The van der Waals surface area contributed by atoms with Crippen LogP contribution >= 0.6 is 11.3 Å². The summed E-state index contributed by atoms with van der Waals surface area (Å²) in [6, 6.07) is 19.7. The van der Waals surface area contributed by atoms with Crippen LogP contribution in [0.4, 0.5) is 10.5 Å². The molecule has 2 atom stereocenters. The number of benzene rings is 2. The average Bonchev–Trinajstić information content (AvgIpc) is 3.36. The summed E-state index contributed by atoms with van der Waals surface area (Å²) in [5.41, 5.74) is 2.94. The van der Waals surface area contributed by atoms with E-state index in [-0.39, 0.29) is 5.91 Å². The maximum atomic E-state index is 13.2. The number of carbonyl (C=O) groups excluding carboxylic acids is 3. The lowest BCUT2D eigenvalue weighted by molar-refractivity contribution is -0.128. The third-order valence-corrected chi connectivity index (χ3v) is 6.58. The van der Waals surface area contributed by atoms with Gasteiger partial charge in [-0.3, -0.25) is 9.59 Å². The van der Waals surface area contributed by atoms with Gasteiger partial charge in [-0.1, -0.05) is 54.6 Å². The van der Waals surface area contributed by atoms with Crippen molar-refractivity contribution in [3.05, 3.63) is 88.1 Å². The van der Waals surface area contributed by atoms with E-state index < -0.39 is 24.1 Å². The van der Waals surface area contributed by atoms with Gasteiger partial charge in [0, 0.05) is 29.6 Å². The molecule has 2 aromatic carbocycles. The highest BCUT2D eigenvalue weighted by Crippen LogP contribution is 2.27. The molecule has 3 aromatic rings. The fourth-order valence-corrected chi connectivity index (χ4v) is 4.48. The highest BCUT2D eigenvalue weighted by Gasteiger charge is 2.32. The number of rotatable bonds is 7. The Morgan fingerprint density at radius 1 is 1.06 bits per heavy atom. The van der Waals surface area contributed by atoms with Crippen LogP contribution in [-0.4, -0.2) is 49.4 Å². The number of nitrogens with one attached hydrogen (secondary N) is 3. The summed E-state index contributed by atoms with van der Waals surface area (Å²) in [4.78, 5) is 45.7. The van der Waals surface area contributed by atoms with Crippen molar-refractivity contribution < 1.29 is 14.4 Å². The van der Waals surface area contributed by atoms with Crippen molar-refractivity contribution in [3.8, 4) is 0 Å². The van der Waals surface area contributed by atoms with Crippen LogP contribution in [0.25, 0.3) is 0 Å². The minimum atomic E-state index is -1.14. The van der Waals surface area contributed by atoms with Gasteiger partial charge in [-0.25, -0.2) is 9.79 Å². The van der Waals surface area contributed by atoms with E-state index in [1.54, 1.807) is 25.3 Å². The molecule has 2 heterocycles. The van der Waals surface area contributed by atoms with E-state index in [1.165, 1.54) is 9.78 Å². The molecule has 1 aliphatic heterocycles. The minimum absolute atomic E-state index is 0.371. The number of benzodiazepines with no additional fused rings is 1. The Morgan fingerprint density at radius 2 is 1.80 bits per heavy atom. The SMILES string of the molecule is C[C@H](NC(=O)NCCc1cccs1)C(=O)NC1N=C(c2ccccc2)c2ccccc2N(C)C1=O. The van der Waals surface area contributed by atoms with Gasteiger partial charge in [0.2, 0.25) is 12.1 Å². The number of aliphatic imine (C=N–C) groups is 1. The maximum Gasteiger partial charge on any atom is 0.315 e. The molecular formula is C26H27N5O3S. The minimum Gasteiger partial charge on any atom is -0.338 e. The molecule has 0 bridgehead atoms. The monoisotopic (exact) mass is 489 g/mol. The number of thiophene rings is 1. The number of amides is 4. The molecule has 9 heteroatoms. The van der Waals surface area contributed by atoms with Gasteiger partial charge in [-0.2, -0.15) is 0 Å². The van der Waals surface area contributed by atoms with E-state index in [4.69, 9.17) is 0 Å². The highest BCUT2D eigenvalue weighted by atomic mass is 32.1. The second-order valence-corrected chi connectivity index (χ2v) is 9.15. The Hall–Kier alpha value is -3.98. The smallest absolute Gasteiger partial charge is 0.315 e. The topological polar surface area (TPSA) is 103 Å². The Balaban J connectivity index is 1.46. The first-order chi connectivity index (χ1) is 16.9. The van der Waals surface area contributed by atoms with Gasteiger partial charge in [-0.05, 0) is 30.9 Å². The van der Waals surface area contributed by atoms with Crippen molar-refractivity contribution >= 4 is 40.6 Å². The van der Waals surface area contributed by atoms with Crippen molar-refractivity contribution in [2.45, 2.75) is 25.6 Å². The molecule has 1 aliphatic rings. The van der Waals surface area contributed by atoms with E-state index in [9.17, 15) is 14.4 Å². The fraction of sp³-hybridized carbons (Fsp3) is 0.231. The molecule has 0 spiro atoms. The summed E-state index contributed by atoms with van der Waals surface area (Å²) in [7, 11) is 1.66. The summed E-state index contributed by atoms with van der Waals surface area (Å²) < 4.78 is 0. The molecule has 4 amide bonds. The number of carbonyl (C=O) groups is 3. The van der Waals surface area contributed by atoms with Gasteiger partial charge in [-0.15, -0.1) is 11.3 Å². The van der Waals surface area contributed by atoms with Crippen LogP contribution in [0.1, 0.15) is 22.9 Å². The van der Waals surface area contributed by atoms with E-state index in [0.717, 1.165) is 11.1 Å². The molecule has 1 unspecified atom stereocenters. The number of para-hydroxylation sites is 1. The van der Waals surface area contributed by atoms with Crippen LogP contribution < -0.4 is 20.9 Å². The molecule has 0 aliphatic carbocycles. The predicted molar refractivity (Wildman–Crippen MR) is 138 cm³/mol.